The molecule has 0 bridgehead atoms. The fourth-order valence-corrected chi connectivity index (χ4v) is 3.60. The molecule has 0 amide bonds. The van der Waals surface area contributed by atoms with E-state index in [-0.39, 0.29) is 24.0 Å². The van der Waals surface area contributed by atoms with Crippen molar-refractivity contribution in [1.29, 1.82) is 0 Å². The summed E-state index contributed by atoms with van der Waals surface area (Å²) in [6.45, 7) is 10.4. The van der Waals surface area contributed by atoms with Crippen LogP contribution in [0.2, 0.25) is 0 Å². The molecular formula is C17H29F3IN5S. The average molecular weight is 519 g/mol. The highest BCUT2D eigenvalue weighted by molar-refractivity contribution is 14.0. The van der Waals surface area contributed by atoms with E-state index in [1.807, 2.05) is 17.2 Å². The Morgan fingerprint density at radius 3 is 2.37 bits per heavy atom. The van der Waals surface area contributed by atoms with Gasteiger partial charge in [-0.2, -0.15) is 13.2 Å². The van der Waals surface area contributed by atoms with Crippen molar-refractivity contribution in [3.8, 4) is 0 Å². The molecule has 5 nitrogen and oxygen atoms in total. The zero-order valence-electron chi connectivity index (χ0n) is 16.2. The molecule has 1 aliphatic rings. The molecule has 1 aromatic heterocycles. The van der Waals surface area contributed by atoms with Gasteiger partial charge in [-0.25, -0.2) is 9.98 Å². The summed E-state index contributed by atoms with van der Waals surface area (Å²) in [5.41, 5.74) is 0.929. The van der Waals surface area contributed by atoms with Crippen LogP contribution in [0.1, 0.15) is 44.3 Å². The van der Waals surface area contributed by atoms with Crippen LogP contribution in [0, 0.1) is 0 Å². The number of guanidine groups is 1. The number of aromatic nitrogens is 1. The number of piperazine rings is 1. The van der Waals surface area contributed by atoms with Crippen molar-refractivity contribution in [2.24, 2.45) is 4.99 Å². The standard InChI is InChI=1S/C17H28F3N5S.HI/c1-5-21-16(22-10-14-11-26-15(23-14)12(2)3)25-8-6-24(7-9-25)13(4)17(18,19)20;/h11-13H,5-10H2,1-4H3,(H,21,22);1H. The molecule has 1 aliphatic heterocycles. The van der Waals surface area contributed by atoms with Crippen LogP contribution in [0.5, 0.6) is 0 Å². The van der Waals surface area contributed by atoms with Crippen LogP contribution in [0.4, 0.5) is 13.2 Å². The highest BCUT2D eigenvalue weighted by atomic mass is 127. The van der Waals surface area contributed by atoms with Gasteiger partial charge in [-0.05, 0) is 13.8 Å². The van der Waals surface area contributed by atoms with E-state index in [1.54, 1.807) is 11.3 Å². The van der Waals surface area contributed by atoms with Gasteiger partial charge in [-0.3, -0.25) is 4.90 Å². The SMILES string of the molecule is CCNC(=NCc1csc(C(C)C)n1)N1CCN(C(C)C(F)(F)F)CC1.I. The Kier molecular flexibility index (Phi) is 9.76. The van der Waals surface area contributed by atoms with Crippen molar-refractivity contribution in [2.45, 2.75) is 52.4 Å². The van der Waals surface area contributed by atoms with Crippen LogP contribution >= 0.6 is 35.3 Å². The molecule has 1 unspecified atom stereocenters. The first-order valence-corrected chi connectivity index (χ1v) is 9.88. The Morgan fingerprint density at radius 2 is 1.89 bits per heavy atom. The van der Waals surface area contributed by atoms with Gasteiger partial charge in [0.15, 0.2) is 5.96 Å². The predicted octanol–water partition coefficient (Wildman–Crippen LogP) is 3.92. The minimum Gasteiger partial charge on any atom is -0.357 e. The van der Waals surface area contributed by atoms with Crippen LogP contribution in [0.15, 0.2) is 10.4 Å². The lowest BCUT2D eigenvalue weighted by Gasteiger charge is -2.39. The van der Waals surface area contributed by atoms with Crippen molar-refractivity contribution in [3.63, 3.8) is 0 Å². The summed E-state index contributed by atoms with van der Waals surface area (Å²) in [7, 11) is 0. The van der Waals surface area contributed by atoms with Crippen molar-refractivity contribution in [1.82, 2.24) is 20.1 Å². The number of rotatable bonds is 5. The molecule has 10 heteroatoms. The van der Waals surface area contributed by atoms with Crippen molar-refractivity contribution in [2.75, 3.05) is 32.7 Å². The Bertz CT molecular complexity index is 598. The number of halogens is 4. The normalized spacial score (nSPS) is 17.8. The van der Waals surface area contributed by atoms with E-state index < -0.39 is 12.2 Å². The van der Waals surface area contributed by atoms with Gasteiger partial charge in [0.1, 0.15) is 6.04 Å². The zero-order chi connectivity index (χ0) is 19.3. The van der Waals surface area contributed by atoms with Crippen molar-refractivity contribution < 1.29 is 13.2 Å². The Labute approximate surface area is 180 Å². The molecule has 1 aromatic rings. The lowest BCUT2D eigenvalue weighted by Crippen LogP contribution is -2.56. The molecule has 27 heavy (non-hydrogen) atoms. The summed E-state index contributed by atoms with van der Waals surface area (Å²) in [6, 6.07) is -1.41. The molecule has 1 saturated heterocycles. The molecule has 1 N–H and O–H groups in total. The number of hydrogen-bond acceptors (Lipinski definition) is 4. The van der Waals surface area contributed by atoms with Gasteiger partial charge in [0.05, 0.1) is 17.2 Å². The topological polar surface area (TPSA) is 43.8 Å². The molecule has 2 rings (SSSR count). The van der Waals surface area contributed by atoms with Crippen molar-refractivity contribution in [3.05, 3.63) is 16.1 Å². The molecule has 0 aliphatic carbocycles. The molecule has 0 aromatic carbocycles. The molecule has 1 atom stereocenters. The molecule has 0 spiro atoms. The average Bonchev–Trinajstić information content (AvgIpc) is 3.06. The smallest absolute Gasteiger partial charge is 0.357 e. The van der Waals surface area contributed by atoms with Crippen LogP contribution < -0.4 is 5.32 Å². The van der Waals surface area contributed by atoms with Gasteiger partial charge in [-0.1, -0.05) is 13.8 Å². The summed E-state index contributed by atoms with van der Waals surface area (Å²) in [4.78, 5) is 12.7. The van der Waals surface area contributed by atoms with Gasteiger partial charge in [0, 0.05) is 44.0 Å². The van der Waals surface area contributed by atoms with Gasteiger partial charge in [0.25, 0.3) is 0 Å². The lowest BCUT2D eigenvalue weighted by molar-refractivity contribution is -0.181. The number of nitrogens with one attached hydrogen (secondary N) is 1. The van der Waals surface area contributed by atoms with Gasteiger partial charge >= 0.3 is 6.18 Å². The molecule has 2 heterocycles. The third-order valence-corrected chi connectivity index (χ3v) is 5.62. The van der Waals surface area contributed by atoms with E-state index in [0.29, 0.717) is 45.2 Å². The summed E-state index contributed by atoms with van der Waals surface area (Å²) in [6.07, 6.45) is -4.18. The van der Waals surface area contributed by atoms with E-state index in [0.717, 1.165) is 16.7 Å². The highest BCUT2D eigenvalue weighted by Gasteiger charge is 2.41. The number of aliphatic imine (C=N–C) groups is 1. The first kappa shape index (κ1) is 24.4. The second kappa shape index (κ2) is 10.8. The van der Waals surface area contributed by atoms with Crippen LogP contribution in [-0.4, -0.2) is 65.7 Å². The van der Waals surface area contributed by atoms with Crippen LogP contribution in [0.25, 0.3) is 0 Å². The summed E-state index contributed by atoms with van der Waals surface area (Å²) < 4.78 is 38.6. The Balaban J connectivity index is 0.00000364. The second-order valence-electron chi connectivity index (χ2n) is 6.74. The molecule has 1 fully saturated rings. The van der Waals surface area contributed by atoms with E-state index >= 15 is 0 Å². The van der Waals surface area contributed by atoms with Crippen LogP contribution in [-0.2, 0) is 6.54 Å². The van der Waals surface area contributed by atoms with Gasteiger partial charge in [-0.15, -0.1) is 35.3 Å². The van der Waals surface area contributed by atoms with E-state index in [2.05, 4.69) is 29.1 Å². The van der Waals surface area contributed by atoms with E-state index in [4.69, 9.17) is 0 Å². The van der Waals surface area contributed by atoms with Crippen LogP contribution in [0.3, 0.4) is 0 Å². The maximum absolute atomic E-state index is 12.9. The number of alkyl halides is 3. The minimum atomic E-state index is -4.18. The third-order valence-electron chi connectivity index (χ3n) is 4.42. The summed E-state index contributed by atoms with van der Waals surface area (Å²) in [5.74, 6) is 1.14. The Morgan fingerprint density at radius 1 is 1.26 bits per heavy atom. The quantitative estimate of drug-likeness (QED) is 0.364. The van der Waals surface area contributed by atoms with E-state index in [9.17, 15) is 13.2 Å². The maximum Gasteiger partial charge on any atom is 0.403 e. The maximum atomic E-state index is 12.9. The molecular weight excluding hydrogens is 490 g/mol. The first-order chi connectivity index (χ1) is 12.2. The van der Waals surface area contributed by atoms with E-state index in [1.165, 1.54) is 11.8 Å². The first-order valence-electron chi connectivity index (χ1n) is 9.00. The largest absolute Gasteiger partial charge is 0.403 e. The fraction of sp³-hybridized carbons (Fsp3) is 0.765. The van der Waals surface area contributed by atoms with Gasteiger partial charge in [0.2, 0.25) is 0 Å². The third kappa shape index (κ3) is 7.04. The summed E-state index contributed by atoms with van der Waals surface area (Å²) in [5, 5.41) is 6.35. The lowest BCUT2D eigenvalue weighted by atomic mass is 10.2. The zero-order valence-corrected chi connectivity index (χ0v) is 19.4. The fourth-order valence-electron chi connectivity index (χ4n) is 2.77. The molecule has 0 saturated carbocycles. The molecule has 156 valence electrons. The number of nitrogens with zero attached hydrogens (tertiary/aromatic N) is 4. The number of hydrogen-bond donors (Lipinski definition) is 1. The molecule has 0 radical (unpaired) electrons. The predicted molar refractivity (Wildman–Crippen MR) is 115 cm³/mol. The summed E-state index contributed by atoms with van der Waals surface area (Å²) >= 11 is 1.64. The second-order valence-corrected chi connectivity index (χ2v) is 7.63. The Hall–Kier alpha value is -0.620. The van der Waals surface area contributed by atoms with Gasteiger partial charge < -0.3 is 10.2 Å². The minimum absolute atomic E-state index is 0. The number of thiazole rings is 1. The van der Waals surface area contributed by atoms with Crippen molar-refractivity contribution >= 4 is 41.3 Å². The monoisotopic (exact) mass is 519 g/mol. The highest BCUT2D eigenvalue weighted by Crippen LogP contribution is 2.25.